The van der Waals surface area contributed by atoms with Gasteiger partial charge in [-0.25, -0.2) is 4.79 Å². The number of carboxylic acid groups (broad SMARTS) is 1. The van der Waals surface area contributed by atoms with Crippen LogP contribution in [0, 0.1) is 0 Å². The number of carboxylic acids is 1. The molecular weight excluding hydrogens is 444 g/mol. The summed E-state index contributed by atoms with van der Waals surface area (Å²) in [7, 11) is 0. The molecule has 3 fully saturated rings. The highest BCUT2D eigenvalue weighted by Crippen LogP contribution is 2.29. The van der Waals surface area contributed by atoms with Crippen LogP contribution in [0.2, 0.25) is 0 Å². The Kier molecular flexibility index (Phi) is 8.04. The van der Waals surface area contributed by atoms with Crippen molar-refractivity contribution in [1.82, 2.24) is 0 Å². The third-order valence-electron chi connectivity index (χ3n) is 5.65. The van der Waals surface area contributed by atoms with Crippen LogP contribution in [0.1, 0.15) is 6.92 Å². The molecule has 0 radical (unpaired) electrons. The third-order valence-corrected chi connectivity index (χ3v) is 5.65. The monoisotopic (exact) mass is 472 g/mol. The molecule has 14 atom stereocenters. The normalized spacial score (nSPS) is 52.5. The van der Waals surface area contributed by atoms with E-state index in [4.69, 9.17) is 28.8 Å². The summed E-state index contributed by atoms with van der Waals surface area (Å²) in [6, 6.07) is 0. The van der Waals surface area contributed by atoms with Crippen LogP contribution >= 0.6 is 0 Å². The lowest BCUT2D eigenvalue weighted by Gasteiger charge is -2.45. The molecule has 3 saturated heterocycles. The molecule has 0 bridgehead atoms. The minimum Gasteiger partial charge on any atom is -0.479 e. The average molecular weight is 472 g/mol. The van der Waals surface area contributed by atoms with Crippen molar-refractivity contribution in [1.29, 1.82) is 0 Å². The quantitative estimate of drug-likeness (QED) is 0.181. The lowest BCUT2D eigenvalue weighted by Crippen LogP contribution is -2.64. The van der Waals surface area contributed by atoms with Crippen molar-refractivity contribution in [3.05, 3.63) is 0 Å². The summed E-state index contributed by atoms with van der Waals surface area (Å²) >= 11 is 0. The van der Waals surface area contributed by atoms with E-state index in [0.717, 1.165) is 0 Å². The van der Waals surface area contributed by atoms with Gasteiger partial charge >= 0.3 is 5.97 Å². The van der Waals surface area contributed by atoms with E-state index in [9.17, 15) is 45.6 Å². The molecule has 32 heavy (non-hydrogen) atoms. The molecule has 3 aliphatic rings. The van der Waals surface area contributed by atoms with Gasteiger partial charge in [0.2, 0.25) is 0 Å². The number of hydrogen-bond acceptors (Lipinski definition) is 14. The third kappa shape index (κ3) is 4.90. The maximum absolute atomic E-state index is 11.0. The Morgan fingerprint density at radius 3 is 2.00 bits per heavy atom. The molecule has 0 saturated carbocycles. The van der Waals surface area contributed by atoms with Crippen LogP contribution in [0.4, 0.5) is 0 Å². The van der Waals surface area contributed by atoms with E-state index in [1.165, 1.54) is 6.92 Å². The molecule has 0 aromatic carbocycles. The molecule has 0 amide bonds. The van der Waals surface area contributed by atoms with E-state index in [2.05, 4.69) is 0 Å². The summed E-state index contributed by atoms with van der Waals surface area (Å²) in [5.41, 5.74) is 0. The fraction of sp³-hybridized carbons (Fsp3) is 0.941. The lowest BCUT2D eigenvalue weighted by atomic mass is 9.98. The van der Waals surface area contributed by atoms with Crippen molar-refractivity contribution in [2.45, 2.75) is 92.9 Å². The fourth-order valence-corrected chi connectivity index (χ4v) is 3.66. The first-order valence-electron chi connectivity index (χ1n) is 9.84. The van der Waals surface area contributed by atoms with Gasteiger partial charge < -0.3 is 69.6 Å². The van der Waals surface area contributed by atoms with E-state index < -0.39 is 98.6 Å². The molecule has 0 aliphatic carbocycles. The van der Waals surface area contributed by atoms with Crippen LogP contribution in [0.15, 0.2) is 0 Å². The van der Waals surface area contributed by atoms with Crippen molar-refractivity contribution in [2.24, 2.45) is 0 Å². The molecule has 0 aromatic heterocycles. The number of carbonyl (C=O) groups is 1. The molecule has 0 aromatic rings. The average Bonchev–Trinajstić information content (AvgIpc) is 2.74. The number of aliphatic hydroxyl groups excluding tert-OH is 8. The summed E-state index contributed by atoms with van der Waals surface area (Å²) in [5.74, 6) is -1.63. The van der Waals surface area contributed by atoms with E-state index in [0.29, 0.717) is 0 Å². The van der Waals surface area contributed by atoms with Crippen molar-refractivity contribution >= 4 is 5.97 Å². The Morgan fingerprint density at radius 1 is 0.750 bits per heavy atom. The summed E-state index contributed by atoms with van der Waals surface area (Å²) < 4.78 is 25.9. The maximum atomic E-state index is 11.0. The van der Waals surface area contributed by atoms with E-state index in [1.54, 1.807) is 0 Å². The lowest BCUT2D eigenvalue weighted by molar-refractivity contribution is -0.363. The molecule has 3 rings (SSSR count). The van der Waals surface area contributed by atoms with Crippen LogP contribution in [0.3, 0.4) is 0 Å². The molecule has 186 valence electrons. The van der Waals surface area contributed by atoms with Crippen molar-refractivity contribution < 1.29 is 74.4 Å². The fourth-order valence-electron chi connectivity index (χ4n) is 3.66. The Bertz CT molecular complexity index is 649. The zero-order valence-electron chi connectivity index (χ0n) is 16.8. The highest BCUT2D eigenvalue weighted by molar-refractivity contribution is 5.73. The molecular formula is C17H28O15. The van der Waals surface area contributed by atoms with Gasteiger partial charge in [0, 0.05) is 0 Å². The Morgan fingerprint density at radius 2 is 1.38 bits per heavy atom. The van der Waals surface area contributed by atoms with Gasteiger partial charge in [-0.15, -0.1) is 0 Å². The Balaban J connectivity index is 1.60. The zero-order valence-corrected chi connectivity index (χ0v) is 16.8. The van der Waals surface area contributed by atoms with Crippen LogP contribution in [-0.4, -0.2) is 145 Å². The highest BCUT2D eigenvalue weighted by Gasteiger charge is 2.51. The second-order valence-corrected chi connectivity index (χ2v) is 7.91. The summed E-state index contributed by atoms with van der Waals surface area (Å²) in [6.07, 6.45) is -23.0. The summed E-state index contributed by atoms with van der Waals surface area (Å²) in [6.45, 7) is 0.984. The molecule has 15 nitrogen and oxygen atoms in total. The first kappa shape index (κ1) is 25.6. The molecule has 3 aliphatic heterocycles. The molecule has 15 heteroatoms. The van der Waals surface area contributed by atoms with Crippen molar-refractivity contribution in [2.75, 3.05) is 6.61 Å². The number of rotatable bonds is 5. The SMILES string of the molecule is C[C@@H]1O[C@@H](O[C@@H]2CO[C@@H](O[C@H]3C(O)O[C@H](C(=O)O)[C@@H](O)[C@@H]3O)[C@H](O)[C@H]2O)[C@H](O)[C@H](O)[C@H]1O. The Hall–Kier alpha value is -1.05. The first-order chi connectivity index (χ1) is 14.9. The predicted molar refractivity (Wildman–Crippen MR) is 94.4 cm³/mol. The molecule has 1 unspecified atom stereocenters. The van der Waals surface area contributed by atoms with Crippen LogP contribution < -0.4 is 0 Å². The van der Waals surface area contributed by atoms with Gasteiger partial charge in [0.05, 0.1) is 12.7 Å². The molecule has 9 N–H and O–H groups in total. The molecule has 0 spiro atoms. The number of aliphatic hydroxyl groups is 8. The predicted octanol–water partition coefficient (Wildman–Crippen LogP) is -5.81. The topological polar surface area (TPSA) is 245 Å². The second-order valence-electron chi connectivity index (χ2n) is 7.91. The van der Waals surface area contributed by atoms with Crippen molar-refractivity contribution in [3.63, 3.8) is 0 Å². The Labute approximate surface area is 180 Å². The summed E-state index contributed by atoms with van der Waals surface area (Å²) in [4.78, 5) is 11.0. The minimum atomic E-state index is -2.00. The number of aliphatic carboxylic acids is 1. The van der Waals surface area contributed by atoms with Gasteiger partial charge in [0.15, 0.2) is 25.0 Å². The van der Waals surface area contributed by atoms with Gasteiger partial charge in [-0.05, 0) is 6.92 Å². The maximum Gasteiger partial charge on any atom is 0.335 e. The van der Waals surface area contributed by atoms with Crippen molar-refractivity contribution in [3.8, 4) is 0 Å². The van der Waals surface area contributed by atoms with Gasteiger partial charge in [0.25, 0.3) is 0 Å². The van der Waals surface area contributed by atoms with Gasteiger partial charge in [-0.1, -0.05) is 0 Å². The largest absolute Gasteiger partial charge is 0.479 e. The second kappa shape index (κ2) is 10.1. The van der Waals surface area contributed by atoms with E-state index in [1.807, 2.05) is 0 Å². The van der Waals surface area contributed by atoms with E-state index in [-0.39, 0.29) is 0 Å². The van der Waals surface area contributed by atoms with Crippen LogP contribution in [0.5, 0.6) is 0 Å². The minimum absolute atomic E-state index is 0.442. The summed E-state index contributed by atoms with van der Waals surface area (Å²) in [5, 5.41) is 89.1. The van der Waals surface area contributed by atoms with Gasteiger partial charge in [0.1, 0.15) is 54.9 Å². The van der Waals surface area contributed by atoms with Crippen LogP contribution in [0.25, 0.3) is 0 Å². The van der Waals surface area contributed by atoms with Crippen LogP contribution in [-0.2, 0) is 28.5 Å². The standard InChI is InChI=1S/C17H28O15/c1-3-5(18)7(20)11(24)17(29-3)30-4-2-28-16(10(23)6(4)19)32-13-9(22)8(21)12(14(25)26)31-15(13)27/h3-13,15-24,27H,2H2,1H3,(H,25,26)/t3-,4+,5-,6-,7+,8-,9-,10+,11+,12-,13+,15?,16-,17-/m0/s1. The first-order valence-corrected chi connectivity index (χ1v) is 9.84. The molecule has 3 heterocycles. The number of ether oxygens (including phenoxy) is 5. The highest BCUT2D eigenvalue weighted by atomic mass is 16.7. The van der Waals surface area contributed by atoms with Gasteiger partial charge in [-0.3, -0.25) is 0 Å². The smallest absolute Gasteiger partial charge is 0.335 e. The van der Waals surface area contributed by atoms with Gasteiger partial charge in [-0.2, -0.15) is 0 Å². The zero-order chi connectivity index (χ0) is 23.9. The number of hydrogen-bond donors (Lipinski definition) is 9. The van der Waals surface area contributed by atoms with E-state index >= 15 is 0 Å².